The summed E-state index contributed by atoms with van der Waals surface area (Å²) in [5, 5.41) is 3.55. The van der Waals surface area contributed by atoms with Gasteiger partial charge in [0.2, 0.25) is 11.8 Å². The molecule has 1 aliphatic rings. The van der Waals surface area contributed by atoms with Crippen LogP contribution in [0.4, 0.5) is 5.95 Å². The number of ether oxygens (including phenoxy) is 2. The second-order valence-electron chi connectivity index (χ2n) is 6.24. The van der Waals surface area contributed by atoms with Gasteiger partial charge in [0.15, 0.2) is 0 Å². The Hall–Kier alpha value is -3.58. The van der Waals surface area contributed by atoms with Gasteiger partial charge in [-0.1, -0.05) is 31.2 Å². The third kappa shape index (κ3) is 3.47. The van der Waals surface area contributed by atoms with Gasteiger partial charge in [-0.2, -0.15) is 4.98 Å². The van der Waals surface area contributed by atoms with Crippen LogP contribution in [0.2, 0.25) is 0 Å². The van der Waals surface area contributed by atoms with E-state index in [4.69, 9.17) is 15.0 Å². The minimum atomic E-state index is -0.636. The molecule has 1 aromatic heterocycles. The largest absolute Gasteiger partial charge is 0.473 e. The van der Waals surface area contributed by atoms with Crippen LogP contribution in [0.15, 0.2) is 46.3 Å². The standard InChI is InChI=1S/C19H19N5O4/c1-4-27-18(26)14-10-11(2)12(3)28-16-15(14)17(25)24(19(21-16)22-23-20)13-8-6-5-7-9-13/h5-12H,4H2,1-3H3. The zero-order valence-corrected chi connectivity index (χ0v) is 15.7. The monoisotopic (exact) mass is 381 g/mol. The number of rotatable bonds is 4. The molecule has 9 heteroatoms. The fraction of sp³-hybridized carbons (Fsp3) is 0.316. The Labute approximate surface area is 160 Å². The van der Waals surface area contributed by atoms with E-state index >= 15 is 0 Å². The number of azide groups is 1. The number of benzene rings is 1. The summed E-state index contributed by atoms with van der Waals surface area (Å²) in [6.45, 7) is 5.51. The lowest BCUT2D eigenvalue weighted by molar-refractivity contribution is -0.136. The molecule has 2 aromatic rings. The zero-order valence-electron chi connectivity index (χ0n) is 15.7. The molecule has 0 radical (unpaired) electrons. The minimum Gasteiger partial charge on any atom is -0.473 e. The molecule has 0 amide bonds. The lowest BCUT2D eigenvalue weighted by Crippen LogP contribution is -2.26. The molecule has 0 fully saturated rings. The number of fused-ring (bicyclic) bond motifs is 1. The second kappa shape index (κ2) is 7.98. The van der Waals surface area contributed by atoms with Gasteiger partial charge in [-0.25, -0.2) is 4.79 Å². The van der Waals surface area contributed by atoms with Crippen LogP contribution in [0, 0.1) is 5.92 Å². The fourth-order valence-electron chi connectivity index (χ4n) is 2.87. The molecule has 1 aromatic carbocycles. The van der Waals surface area contributed by atoms with Crippen molar-refractivity contribution in [1.82, 2.24) is 9.55 Å². The topological polar surface area (TPSA) is 119 Å². The number of para-hydroxylation sites is 1. The summed E-state index contributed by atoms with van der Waals surface area (Å²) in [6.07, 6.45) is 1.30. The van der Waals surface area contributed by atoms with Crippen molar-refractivity contribution in [3.8, 4) is 11.6 Å². The van der Waals surface area contributed by atoms with Gasteiger partial charge >= 0.3 is 5.97 Å². The summed E-state index contributed by atoms with van der Waals surface area (Å²) in [5.41, 5.74) is 8.85. The summed E-state index contributed by atoms with van der Waals surface area (Å²) in [6, 6.07) is 8.59. The molecule has 1 aliphatic heterocycles. The molecule has 0 aliphatic carbocycles. The van der Waals surface area contributed by atoms with Gasteiger partial charge in [-0.15, -0.1) is 0 Å². The molecule has 2 heterocycles. The molecule has 0 bridgehead atoms. The van der Waals surface area contributed by atoms with Crippen molar-refractivity contribution in [3.63, 3.8) is 0 Å². The zero-order chi connectivity index (χ0) is 20.3. The normalized spacial score (nSPS) is 18.0. The Morgan fingerprint density at radius 2 is 2.07 bits per heavy atom. The highest BCUT2D eigenvalue weighted by molar-refractivity contribution is 6.17. The molecule has 0 N–H and O–H groups in total. The molecule has 0 spiro atoms. The number of hydrogen-bond acceptors (Lipinski definition) is 6. The number of esters is 1. The van der Waals surface area contributed by atoms with E-state index in [2.05, 4.69) is 15.0 Å². The Bertz CT molecular complexity index is 1040. The van der Waals surface area contributed by atoms with Crippen LogP contribution in [0.3, 0.4) is 0 Å². The van der Waals surface area contributed by atoms with Gasteiger partial charge in [-0.3, -0.25) is 9.36 Å². The van der Waals surface area contributed by atoms with Gasteiger partial charge in [0.1, 0.15) is 11.7 Å². The van der Waals surface area contributed by atoms with Crippen molar-refractivity contribution >= 4 is 17.5 Å². The van der Waals surface area contributed by atoms with E-state index in [1.165, 1.54) is 0 Å². The van der Waals surface area contributed by atoms with E-state index in [9.17, 15) is 9.59 Å². The number of hydrogen-bond donors (Lipinski definition) is 0. The SMILES string of the molecule is CCOC(=O)C1=CC(C)C(C)Oc2nc(N=[N+]=[N-])n(-c3ccccc3)c(=O)c21. The highest BCUT2D eigenvalue weighted by Crippen LogP contribution is 2.32. The number of aromatic nitrogens is 2. The summed E-state index contributed by atoms with van der Waals surface area (Å²) in [4.78, 5) is 33.0. The first-order valence-electron chi connectivity index (χ1n) is 8.81. The Morgan fingerprint density at radius 1 is 1.36 bits per heavy atom. The maximum atomic E-state index is 13.4. The molecule has 0 saturated heterocycles. The first-order valence-corrected chi connectivity index (χ1v) is 8.81. The van der Waals surface area contributed by atoms with Crippen molar-refractivity contribution in [3.05, 3.63) is 62.8 Å². The molecule has 144 valence electrons. The average molecular weight is 381 g/mol. The van der Waals surface area contributed by atoms with Gasteiger partial charge in [0, 0.05) is 10.8 Å². The van der Waals surface area contributed by atoms with Gasteiger partial charge in [0.25, 0.3) is 5.56 Å². The summed E-state index contributed by atoms with van der Waals surface area (Å²) in [7, 11) is 0. The van der Waals surface area contributed by atoms with E-state index in [0.717, 1.165) is 4.57 Å². The molecular formula is C19H19N5O4. The van der Waals surface area contributed by atoms with E-state index in [-0.39, 0.29) is 41.6 Å². The van der Waals surface area contributed by atoms with Crippen LogP contribution in [0.1, 0.15) is 26.3 Å². The van der Waals surface area contributed by atoms with Crippen LogP contribution < -0.4 is 10.3 Å². The van der Waals surface area contributed by atoms with Crippen LogP contribution in [-0.2, 0) is 9.53 Å². The minimum absolute atomic E-state index is 0.0182. The molecule has 2 atom stereocenters. The van der Waals surface area contributed by atoms with Crippen molar-refractivity contribution < 1.29 is 14.3 Å². The molecule has 9 nitrogen and oxygen atoms in total. The van der Waals surface area contributed by atoms with Crippen LogP contribution in [-0.4, -0.2) is 28.2 Å². The predicted octanol–water partition coefficient (Wildman–Crippen LogP) is 3.54. The lowest BCUT2D eigenvalue weighted by Gasteiger charge is -2.18. The molecule has 0 saturated carbocycles. The number of nitrogens with zero attached hydrogens (tertiary/aromatic N) is 5. The van der Waals surface area contributed by atoms with E-state index in [0.29, 0.717) is 5.69 Å². The van der Waals surface area contributed by atoms with Gasteiger partial charge in [0.05, 0.1) is 17.9 Å². The summed E-state index contributed by atoms with van der Waals surface area (Å²) < 4.78 is 12.1. The van der Waals surface area contributed by atoms with E-state index in [1.54, 1.807) is 50.3 Å². The molecule has 2 unspecified atom stereocenters. The Kier molecular flexibility index (Phi) is 5.47. The lowest BCUT2D eigenvalue weighted by atomic mass is 10.0. The van der Waals surface area contributed by atoms with E-state index < -0.39 is 11.5 Å². The van der Waals surface area contributed by atoms with Gasteiger partial charge in [-0.05, 0) is 36.6 Å². The maximum absolute atomic E-state index is 13.4. The number of carbonyl (C=O) groups is 1. The van der Waals surface area contributed by atoms with E-state index in [1.807, 2.05) is 6.92 Å². The van der Waals surface area contributed by atoms with Gasteiger partial charge < -0.3 is 9.47 Å². The van der Waals surface area contributed by atoms with Crippen molar-refractivity contribution in [2.45, 2.75) is 26.9 Å². The van der Waals surface area contributed by atoms with Crippen molar-refractivity contribution in [2.75, 3.05) is 6.61 Å². The third-order valence-corrected chi connectivity index (χ3v) is 4.41. The molecular weight excluding hydrogens is 362 g/mol. The van der Waals surface area contributed by atoms with Crippen molar-refractivity contribution in [2.24, 2.45) is 11.0 Å². The first-order chi connectivity index (χ1) is 13.5. The Morgan fingerprint density at radius 3 is 2.71 bits per heavy atom. The smallest absolute Gasteiger partial charge is 0.338 e. The molecule has 3 rings (SSSR count). The average Bonchev–Trinajstić information content (AvgIpc) is 2.80. The first kappa shape index (κ1) is 19.2. The predicted molar refractivity (Wildman–Crippen MR) is 103 cm³/mol. The van der Waals surface area contributed by atoms with Crippen LogP contribution >= 0.6 is 0 Å². The third-order valence-electron chi connectivity index (χ3n) is 4.41. The number of carbonyl (C=O) groups excluding carboxylic acids is 1. The van der Waals surface area contributed by atoms with Crippen LogP contribution in [0.5, 0.6) is 5.88 Å². The summed E-state index contributed by atoms with van der Waals surface area (Å²) >= 11 is 0. The molecule has 28 heavy (non-hydrogen) atoms. The highest BCUT2D eigenvalue weighted by Gasteiger charge is 2.31. The highest BCUT2D eigenvalue weighted by atomic mass is 16.5. The second-order valence-corrected chi connectivity index (χ2v) is 6.24. The fourth-order valence-corrected chi connectivity index (χ4v) is 2.87. The summed E-state index contributed by atoms with van der Waals surface area (Å²) in [5.74, 6) is -1.05. The van der Waals surface area contributed by atoms with Crippen LogP contribution in [0.25, 0.3) is 21.7 Å². The maximum Gasteiger partial charge on any atom is 0.338 e. The quantitative estimate of drug-likeness (QED) is 0.347. The van der Waals surface area contributed by atoms with Crippen molar-refractivity contribution in [1.29, 1.82) is 0 Å². The Balaban J connectivity index is 2.37.